The summed E-state index contributed by atoms with van der Waals surface area (Å²) in [5.74, 6) is 0.149. The lowest BCUT2D eigenvalue weighted by atomic mass is 10.0. The fourth-order valence-electron chi connectivity index (χ4n) is 2.85. The molecule has 1 aromatic rings. The Morgan fingerprint density at radius 1 is 1.17 bits per heavy atom. The van der Waals surface area contributed by atoms with Gasteiger partial charge in [-0.2, -0.15) is 0 Å². The third-order valence-corrected chi connectivity index (χ3v) is 4.35. The van der Waals surface area contributed by atoms with Gasteiger partial charge in [0.1, 0.15) is 5.82 Å². The lowest BCUT2D eigenvalue weighted by molar-refractivity contribution is 0.0890. The van der Waals surface area contributed by atoms with Crippen molar-refractivity contribution in [1.29, 1.82) is 0 Å². The summed E-state index contributed by atoms with van der Waals surface area (Å²) in [6.45, 7) is 9.15. The van der Waals surface area contributed by atoms with Gasteiger partial charge in [-0.05, 0) is 37.2 Å². The Bertz CT molecular complexity index is 498. The second kappa shape index (κ2) is 8.26. The predicted octanol–water partition coefficient (Wildman–Crippen LogP) is 2.22. The molecule has 1 unspecified atom stereocenters. The first-order chi connectivity index (χ1) is 11.0. The fraction of sp³-hybridized carbons (Fsp3) is 0.588. The van der Waals surface area contributed by atoms with Crippen molar-refractivity contribution in [2.45, 2.75) is 19.9 Å². The zero-order chi connectivity index (χ0) is 16.8. The molecular formula is C17H27FN4O. The molecule has 1 atom stereocenters. The zero-order valence-electron chi connectivity index (χ0n) is 14.2. The number of nitrogens with one attached hydrogen (secondary N) is 2. The highest BCUT2D eigenvalue weighted by molar-refractivity contribution is 5.89. The summed E-state index contributed by atoms with van der Waals surface area (Å²) >= 11 is 0. The van der Waals surface area contributed by atoms with E-state index in [2.05, 4.69) is 41.3 Å². The molecule has 1 aliphatic rings. The molecule has 1 saturated heterocycles. The summed E-state index contributed by atoms with van der Waals surface area (Å²) in [7, 11) is 2.14. The maximum Gasteiger partial charge on any atom is 0.319 e. The molecule has 1 heterocycles. The molecular weight excluding hydrogens is 295 g/mol. The van der Waals surface area contributed by atoms with Crippen LogP contribution >= 0.6 is 0 Å². The number of halogens is 1. The molecule has 0 aliphatic carbocycles. The molecule has 23 heavy (non-hydrogen) atoms. The molecule has 1 aromatic carbocycles. The molecule has 6 heteroatoms. The minimum absolute atomic E-state index is 0.253. The third-order valence-electron chi connectivity index (χ3n) is 4.35. The molecule has 128 valence electrons. The molecule has 0 aromatic heterocycles. The number of nitrogens with zero attached hydrogens (tertiary/aromatic N) is 2. The first-order valence-electron chi connectivity index (χ1n) is 8.18. The summed E-state index contributed by atoms with van der Waals surface area (Å²) in [4.78, 5) is 16.8. The Labute approximate surface area is 137 Å². The van der Waals surface area contributed by atoms with E-state index in [0.717, 1.165) is 26.2 Å². The number of anilines is 1. The Kier molecular flexibility index (Phi) is 6.36. The van der Waals surface area contributed by atoms with E-state index in [1.165, 1.54) is 12.1 Å². The summed E-state index contributed by atoms with van der Waals surface area (Å²) in [6, 6.07) is 5.83. The largest absolute Gasteiger partial charge is 0.336 e. The van der Waals surface area contributed by atoms with Crippen LogP contribution in [-0.2, 0) is 0 Å². The Morgan fingerprint density at radius 3 is 2.35 bits per heavy atom. The van der Waals surface area contributed by atoms with Gasteiger partial charge in [0.05, 0.1) is 0 Å². The Morgan fingerprint density at radius 2 is 1.78 bits per heavy atom. The number of hydrogen-bond acceptors (Lipinski definition) is 3. The molecule has 5 nitrogen and oxygen atoms in total. The summed E-state index contributed by atoms with van der Waals surface area (Å²) < 4.78 is 12.9. The van der Waals surface area contributed by atoms with Gasteiger partial charge in [-0.1, -0.05) is 13.8 Å². The molecule has 2 rings (SSSR count). The van der Waals surface area contributed by atoms with Crippen LogP contribution in [0, 0.1) is 11.7 Å². The first-order valence-corrected chi connectivity index (χ1v) is 8.18. The summed E-state index contributed by atoms with van der Waals surface area (Å²) in [5.41, 5.74) is 0.588. The van der Waals surface area contributed by atoms with Gasteiger partial charge in [0.15, 0.2) is 0 Å². The van der Waals surface area contributed by atoms with E-state index >= 15 is 0 Å². The second-order valence-electron chi connectivity index (χ2n) is 6.49. The SMILES string of the molecule is CC(C)C(CNC(=O)Nc1ccc(F)cc1)N1CCN(C)CC1. The van der Waals surface area contributed by atoms with Gasteiger partial charge in [0.25, 0.3) is 0 Å². The Balaban J connectivity index is 1.83. The van der Waals surface area contributed by atoms with E-state index in [-0.39, 0.29) is 11.8 Å². The average molecular weight is 322 g/mol. The summed E-state index contributed by atoms with van der Waals surface area (Å²) in [6.07, 6.45) is 0. The van der Waals surface area contributed by atoms with Gasteiger partial charge in [-0.3, -0.25) is 4.90 Å². The smallest absolute Gasteiger partial charge is 0.319 e. The lowest BCUT2D eigenvalue weighted by Gasteiger charge is -2.39. The molecule has 0 saturated carbocycles. The van der Waals surface area contributed by atoms with Crippen LogP contribution in [0.2, 0.25) is 0 Å². The normalized spacial score (nSPS) is 18.0. The topological polar surface area (TPSA) is 47.6 Å². The second-order valence-corrected chi connectivity index (χ2v) is 6.49. The van der Waals surface area contributed by atoms with Gasteiger partial charge in [0, 0.05) is 44.5 Å². The van der Waals surface area contributed by atoms with Crippen molar-refractivity contribution in [2.75, 3.05) is 45.1 Å². The van der Waals surface area contributed by atoms with E-state index in [9.17, 15) is 9.18 Å². The van der Waals surface area contributed by atoms with Crippen molar-refractivity contribution in [1.82, 2.24) is 15.1 Å². The van der Waals surface area contributed by atoms with Crippen LogP contribution in [-0.4, -0.2) is 61.6 Å². The number of rotatable bonds is 5. The lowest BCUT2D eigenvalue weighted by Crippen LogP contribution is -2.54. The van der Waals surface area contributed by atoms with Gasteiger partial charge in [-0.15, -0.1) is 0 Å². The summed E-state index contributed by atoms with van der Waals surface area (Å²) in [5, 5.41) is 5.67. The van der Waals surface area contributed by atoms with Crippen molar-refractivity contribution < 1.29 is 9.18 Å². The van der Waals surface area contributed by atoms with E-state index in [4.69, 9.17) is 0 Å². The molecule has 2 amide bonds. The maximum atomic E-state index is 12.9. The minimum atomic E-state index is -0.314. The van der Waals surface area contributed by atoms with Crippen LogP contribution in [0.1, 0.15) is 13.8 Å². The third kappa shape index (κ3) is 5.48. The van der Waals surface area contributed by atoms with Crippen LogP contribution in [0.5, 0.6) is 0 Å². The molecule has 0 spiro atoms. The Hall–Kier alpha value is -1.66. The highest BCUT2D eigenvalue weighted by Crippen LogP contribution is 2.13. The minimum Gasteiger partial charge on any atom is -0.336 e. The van der Waals surface area contributed by atoms with Crippen molar-refractivity contribution in [3.05, 3.63) is 30.1 Å². The van der Waals surface area contributed by atoms with Crippen LogP contribution in [0.25, 0.3) is 0 Å². The number of hydrogen-bond donors (Lipinski definition) is 2. The van der Waals surface area contributed by atoms with E-state index < -0.39 is 0 Å². The van der Waals surface area contributed by atoms with Gasteiger partial charge < -0.3 is 15.5 Å². The predicted molar refractivity (Wildman–Crippen MR) is 91.1 cm³/mol. The van der Waals surface area contributed by atoms with E-state index in [1.807, 2.05) is 0 Å². The molecule has 2 N–H and O–H groups in total. The standard InChI is InChI=1S/C17H27FN4O/c1-13(2)16(22-10-8-21(3)9-11-22)12-19-17(23)20-15-6-4-14(18)5-7-15/h4-7,13,16H,8-12H2,1-3H3,(H2,19,20,23). The maximum absolute atomic E-state index is 12.9. The highest BCUT2D eigenvalue weighted by atomic mass is 19.1. The quantitative estimate of drug-likeness (QED) is 0.874. The average Bonchev–Trinajstić information content (AvgIpc) is 2.51. The van der Waals surface area contributed by atoms with Crippen LogP contribution < -0.4 is 10.6 Å². The fourth-order valence-corrected chi connectivity index (χ4v) is 2.85. The van der Waals surface area contributed by atoms with E-state index in [1.54, 1.807) is 12.1 Å². The van der Waals surface area contributed by atoms with Crippen molar-refractivity contribution >= 4 is 11.7 Å². The van der Waals surface area contributed by atoms with Crippen LogP contribution in [0.4, 0.5) is 14.9 Å². The van der Waals surface area contributed by atoms with Gasteiger partial charge in [-0.25, -0.2) is 9.18 Å². The highest BCUT2D eigenvalue weighted by Gasteiger charge is 2.25. The number of likely N-dealkylation sites (N-methyl/N-ethyl adjacent to an activating group) is 1. The molecule has 0 radical (unpaired) electrons. The van der Waals surface area contributed by atoms with E-state index in [0.29, 0.717) is 24.2 Å². The van der Waals surface area contributed by atoms with Crippen molar-refractivity contribution in [3.63, 3.8) is 0 Å². The number of carbonyl (C=O) groups excluding carboxylic acids is 1. The first kappa shape index (κ1) is 17.7. The van der Waals surface area contributed by atoms with Gasteiger partial charge in [0.2, 0.25) is 0 Å². The van der Waals surface area contributed by atoms with Gasteiger partial charge >= 0.3 is 6.03 Å². The number of benzene rings is 1. The number of amides is 2. The molecule has 0 bridgehead atoms. The monoisotopic (exact) mass is 322 g/mol. The molecule has 1 fully saturated rings. The van der Waals surface area contributed by atoms with Crippen LogP contribution in [0.3, 0.4) is 0 Å². The van der Waals surface area contributed by atoms with Crippen molar-refractivity contribution in [3.8, 4) is 0 Å². The number of urea groups is 1. The van der Waals surface area contributed by atoms with Crippen molar-refractivity contribution in [2.24, 2.45) is 5.92 Å². The number of carbonyl (C=O) groups is 1. The molecule has 1 aliphatic heterocycles. The zero-order valence-corrected chi connectivity index (χ0v) is 14.2. The number of piperazine rings is 1. The van der Waals surface area contributed by atoms with Crippen LogP contribution in [0.15, 0.2) is 24.3 Å².